The number of unbranched alkanes of at least 4 members (excludes halogenated alkanes) is 1. The van der Waals surface area contributed by atoms with E-state index in [1.807, 2.05) is 6.92 Å². The molecule has 0 radical (unpaired) electrons. The molecule has 0 aromatic heterocycles. The number of carbonyl (C=O) groups is 3. The van der Waals surface area contributed by atoms with Gasteiger partial charge in [0.05, 0.1) is 37.5 Å². The Labute approximate surface area is 177 Å². The van der Waals surface area contributed by atoms with E-state index in [2.05, 4.69) is 0 Å². The fourth-order valence-corrected chi connectivity index (χ4v) is 4.55. The van der Waals surface area contributed by atoms with Gasteiger partial charge in [-0.15, -0.1) is 0 Å². The molecular formula is C21H31O8P. The van der Waals surface area contributed by atoms with E-state index in [4.69, 9.17) is 18.5 Å². The van der Waals surface area contributed by atoms with E-state index in [-0.39, 0.29) is 44.4 Å². The summed E-state index contributed by atoms with van der Waals surface area (Å²) in [6.45, 7) is 5.85. The minimum absolute atomic E-state index is 0.00397. The first-order valence-corrected chi connectivity index (χ1v) is 11.9. The van der Waals surface area contributed by atoms with Crippen LogP contribution in [0, 0.1) is 5.92 Å². The van der Waals surface area contributed by atoms with Crippen LogP contribution in [0.25, 0.3) is 0 Å². The van der Waals surface area contributed by atoms with Crippen LogP contribution in [0.3, 0.4) is 0 Å². The zero-order valence-electron chi connectivity index (χ0n) is 17.8. The zero-order chi connectivity index (χ0) is 22.4. The van der Waals surface area contributed by atoms with Crippen molar-refractivity contribution in [1.29, 1.82) is 0 Å². The lowest BCUT2D eigenvalue weighted by molar-refractivity contribution is -0.148. The third-order valence-corrected chi connectivity index (χ3v) is 6.28. The smallest absolute Gasteiger partial charge is 0.345 e. The van der Waals surface area contributed by atoms with Crippen molar-refractivity contribution in [3.8, 4) is 0 Å². The number of benzene rings is 1. The molecule has 1 aromatic rings. The number of esters is 3. The molecule has 0 aliphatic carbocycles. The highest BCUT2D eigenvalue weighted by molar-refractivity contribution is 7.53. The van der Waals surface area contributed by atoms with Crippen LogP contribution < -0.4 is 0 Å². The van der Waals surface area contributed by atoms with Crippen molar-refractivity contribution < 1.29 is 37.5 Å². The Bertz CT molecular complexity index is 709. The fourth-order valence-electron chi connectivity index (χ4n) is 2.60. The standard InChI is InChI=1S/C21H31O8P/c1-4-7-15-26-20(23)18(16-30(25,27-5-2)28-6-3)13-14-19(22)29-21(24)17-11-9-8-10-12-17/h8-12,18H,4-7,13-16H2,1-3H3. The topological polar surface area (TPSA) is 105 Å². The summed E-state index contributed by atoms with van der Waals surface area (Å²) in [5.41, 5.74) is 0.249. The van der Waals surface area contributed by atoms with E-state index in [0.29, 0.717) is 6.42 Å². The van der Waals surface area contributed by atoms with Crippen LogP contribution >= 0.6 is 7.60 Å². The molecule has 0 heterocycles. The summed E-state index contributed by atoms with van der Waals surface area (Å²) in [5, 5.41) is 0. The molecule has 1 unspecified atom stereocenters. The van der Waals surface area contributed by atoms with Gasteiger partial charge in [0.2, 0.25) is 0 Å². The average molecular weight is 442 g/mol. The molecule has 1 rings (SSSR count). The first-order valence-electron chi connectivity index (χ1n) is 10.2. The molecule has 8 nitrogen and oxygen atoms in total. The molecule has 0 amide bonds. The summed E-state index contributed by atoms with van der Waals surface area (Å²) >= 11 is 0. The zero-order valence-corrected chi connectivity index (χ0v) is 18.7. The lowest BCUT2D eigenvalue weighted by atomic mass is 10.1. The molecule has 1 aromatic carbocycles. The third kappa shape index (κ3) is 9.65. The summed E-state index contributed by atoms with van der Waals surface area (Å²) < 4.78 is 33.4. The van der Waals surface area contributed by atoms with Crippen LogP contribution in [0.5, 0.6) is 0 Å². The summed E-state index contributed by atoms with van der Waals surface area (Å²) in [6, 6.07) is 8.11. The highest BCUT2D eigenvalue weighted by Crippen LogP contribution is 2.50. The molecule has 0 bridgehead atoms. The van der Waals surface area contributed by atoms with Crippen molar-refractivity contribution >= 4 is 25.5 Å². The van der Waals surface area contributed by atoms with E-state index in [1.165, 1.54) is 12.1 Å². The Balaban J connectivity index is 2.75. The van der Waals surface area contributed by atoms with E-state index in [9.17, 15) is 18.9 Å². The molecule has 0 aliphatic rings. The van der Waals surface area contributed by atoms with Gasteiger partial charge in [0, 0.05) is 6.42 Å². The SMILES string of the molecule is CCCCOC(=O)C(CCC(=O)OC(=O)c1ccccc1)CP(=O)(OCC)OCC. The normalized spacial score (nSPS) is 12.2. The second kappa shape index (κ2) is 14.1. The van der Waals surface area contributed by atoms with Gasteiger partial charge in [0.1, 0.15) is 0 Å². The Morgan fingerprint density at radius 2 is 1.63 bits per heavy atom. The van der Waals surface area contributed by atoms with Gasteiger partial charge < -0.3 is 18.5 Å². The summed E-state index contributed by atoms with van der Waals surface area (Å²) in [5.74, 6) is -3.01. The molecular weight excluding hydrogens is 411 g/mol. The summed E-state index contributed by atoms with van der Waals surface area (Å²) in [4.78, 5) is 36.6. The number of ether oxygens (including phenoxy) is 2. The van der Waals surface area contributed by atoms with Gasteiger partial charge in [-0.25, -0.2) is 4.79 Å². The Hall–Kier alpha value is -2.02. The van der Waals surface area contributed by atoms with Gasteiger partial charge in [-0.2, -0.15) is 0 Å². The number of hydrogen-bond donors (Lipinski definition) is 0. The van der Waals surface area contributed by atoms with Gasteiger partial charge in [0.25, 0.3) is 0 Å². The predicted molar refractivity (Wildman–Crippen MR) is 111 cm³/mol. The maximum Gasteiger partial charge on any atom is 0.345 e. The quantitative estimate of drug-likeness (QED) is 0.181. The Morgan fingerprint density at radius 3 is 2.20 bits per heavy atom. The minimum Gasteiger partial charge on any atom is -0.465 e. The van der Waals surface area contributed by atoms with Gasteiger partial charge in [0.15, 0.2) is 0 Å². The Kier molecular flexibility index (Phi) is 12.2. The molecule has 0 saturated heterocycles. The highest BCUT2D eigenvalue weighted by Gasteiger charge is 2.34. The summed E-state index contributed by atoms with van der Waals surface area (Å²) in [7, 11) is -3.52. The van der Waals surface area contributed by atoms with Gasteiger partial charge in [-0.3, -0.25) is 14.2 Å². The average Bonchev–Trinajstić information content (AvgIpc) is 2.72. The first-order chi connectivity index (χ1) is 14.3. The molecule has 168 valence electrons. The largest absolute Gasteiger partial charge is 0.465 e. The van der Waals surface area contributed by atoms with E-state index < -0.39 is 31.4 Å². The lowest BCUT2D eigenvalue weighted by Crippen LogP contribution is -2.24. The molecule has 0 saturated carbocycles. The van der Waals surface area contributed by atoms with Gasteiger partial charge in [-0.05, 0) is 38.8 Å². The highest BCUT2D eigenvalue weighted by atomic mass is 31.2. The maximum absolute atomic E-state index is 12.8. The van der Waals surface area contributed by atoms with Crippen molar-refractivity contribution in [2.45, 2.75) is 46.5 Å². The molecule has 0 N–H and O–H groups in total. The molecule has 0 fully saturated rings. The monoisotopic (exact) mass is 442 g/mol. The molecule has 1 atom stereocenters. The van der Waals surface area contributed by atoms with Crippen LogP contribution in [0.15, 0.2) is 30.3 Å². The van der Waals surface area contributed by atoms with Crippen molar-refractivity contribution in [3.63, 3.8) is 0 Å². The van der Waals surface area contributed by atoms with Crippen LogP contribution in [0.2, 0.25) is 0 Å². The second-order valence-electron chi connectivity index (χ2n) is 6.51. The van der Waals surface area contributed by atoms with Crippen LogP contribution in [-0.2, 0) is 32.7 Å². The van der Waals surface area contributed by atoms with E-state index in [1.54, 1.807) is 32.0 Å². The van der Waals surface area contributed by atoms with E-state index in [0.717, 1.165) is 6.42 Å². The molecule has 30 heavy (non-hydrogen) atoms. The Morgan fingerprint density at radius 1 is 1.00 bits per heavy atom. The van der Waals surface area contributed by atoms with Crippen molar-refractivity contribution in [1.82, 2.24) is 0 Å². The molecule has 0 spiro atoms. The van der Waals surface area contributed by atoms with Crippen LogP contribution in [0.1, 0.15) is 56.8 Å². The summed E-state index contributed by atoms with van der Waals surface area (Å²) in [6.07, 6.45) is 1.11. The van der Waals surface area contributed by atoms with Gasteiger partial charge >= 0.3 is 25.5 Å². The third-order valence-electron chi connectivity index (χ3n) is 4.08. The number of hydrogen-bond acceptors (Lipinski definition) is 8. The minimum atomic E-state index is -3.52. The predicted octanol–water partition coefficient (Wildman–Crippen LogP) is 4.38. The van der Waals surface area contributed by atoms with Crippen LogP contribution in [0.4, 0.5) is 0 Å². The fraction of sp³-hybridized carbons (Fsp3) is 0.571. The first kappa shape index (κ1) is 26.0. The second-order valence-corrected chi connectivity index (χ2v) is 8.62. The van der Waals surface area contributed by atoms with Crippen molar-refractivity contribution in [2.75, 3.05) is 26.0 Å². The molecule has 0 aliphatic heterocycles. The van der Waals surface area contributed by atoms with Crippen molar-refractivity contribution in [3.05, 3.63) is 35.9 Å². The van der Waals surface area contributed by atoms with Gasteiger partial charge in [-0.1, -0.05) is 31.5 Å². The maximum atomic E-state index is 12.8. The number of carbonyl (C=O) groups excluding carboxylic acids is 3. The van der Waals surface area contributed by atoms with E-state index >= 15 is 0 Å². The van der Waals surface area contributed by atoms with Crippen LogP contribution in [-0.4, -0.2) is 43.9 Å². The van der Waals surface area contributed by atoms with Crippen molar-refractivity contribution in [2.24, 2.45) is 5.92 Å². The lowest BCUT2D eigenvalue weighted by Gasteiger charge is -2.22. The molecule has 9 heteroatoms. The number of rotatable bonds is 14.